The van der Waals surface area contributed by atoms with Gasteiger partial charge >= 0.3 is 17.9 Å². The van der Waals surface area contributed by atoms with E-state index in [1.807, 2.05) is 0 Å². The third-order valence-electron chi connectivity index (χ3n) is 16.3. The number of amides is 12. The number of fused-ring (bicyclic) bond motifs is 2. The summed E-state index contributed by atoms with van der Waals surface area (Å²) in [7, 11) is 0. The van der Waals surface area contributed by atoms with Crippen LogP contribution in [0.2, 0.25) is 0 Å². The molecule has 1 fully saturated rings. The van der Waals surface area contributed by atoms with Crippen molar-refractivity contribution >= 4 is 136 Å². The number of nitrogens with one attached hydrogen (secondary N) is 13. The highest BCUT2D eigenvalue weighted by Crippen LogP contribution is 2.24. The van der Waals surface area contributed by atoms with Crippen molar-refractivity contribution in [2.24, 2.45) is 11.8 Å². The molecule has 5 rings (SSSR count). The molecule has 17 N–H and O–H groups in total. The fraction of sp³-hybridized carbons (Fsp3) is 0.516. The van der Waals surface area contributed by atoms with E-state index in [1.54, 1.807) is 81.7 Å². The molecular weight excluding hydrogens is 1330 g/mol. The standard InChI is InChI=1S/C64H88N14O19S2/c1-8-38(64(96)97)70-60(92)47-18-13-21-78(47)63(95)52(31(4)5)76-56(88)42(22-34-25-65-39-16-11-9-14-36(34)39)69-48(81)27-67-54(86)44(24-50(84)85)73-61(93)51(30(2)3)75-57(89)43(23-35-26-66-40-17-12-10-15-37(35)40)72-58(90)46(29-99)74-55(87)41(19-20-49(82)83)71-62(94)53(32(6)79)77-59(91)45(28-98)68-33(7)80/h9-12,14-17,25-26,30-32,38,41-47,51-53,65-66,79,98-99H,8,13,18-24,27-29H2,1-7H3,(H,67,86)(H,68,80)(H,69,81)(H,70,92)(H,71,94)(H,72,90)(H,73,93)(H,74,87)(H,75,89)(H,76,88)(H,77,91)(H,82,83)(H,84,85)(H,96,97)/t32-,38+,41+,42+,43+,44+,45+,46+,47+,51+,52+,53+/m1/s1. The van der Waals surface area contributed by atoms with E-state index in [2.05, 4.69) is 93.7 Å². The summed E-state index contributed by atoms with van der Waals surface area (Å²) in [6, 6.07) is -2.48. The van der Waals surface area contributed by atoms with Crippen LogP contribution in [0.4, 0.5) is 0 Å². The molecule has 540 valence electrons. The number of para-hydroxylation sites is 2. The third kappa shape index (κ3) is 23.2. The molecule has 0 unspecified atom stereocenters. The zero-order valence-electron chi connectivity index (χ0n) is 55.6. The summed E-state index contributed by atoms with van der Waals surface area (Å²) in [6.07, 6.45) is -0.545. The second-order valence-electron chi connectivity index (χ2n) is 24.5. The van der Waals surface area contributed by atoms with Crippen LogP contribution in [0.3, 0.4) is 0 Å². The number of aromatic nitrogens is 2. The van der Waals surface area contributed by atoms with Crippen LogP contribution in [-0.4, -0.2) is 221 Å². The molecular formula is C64H88N14O19S2. The van der Waals surface area contributed by atoms with Gasteiger partial charge in [-0.1, -0.05) is 71.0 Å². The number of hydrogen-bond acceptors (Lipinski definition) is 18. The number of nitrogens with zero attached hydrogens (tertiary/aromatic N) is 1. The minimum Gasteiger partial charge on any atom is -0.481 e. The van der Waals surface area contributed by atoms with Crippen molar-refractivity contribution in [3.8, 4) is 0 Å². The number of aromatic amines is 2. The van der Waals surface area contributed by atoms with Gasteiger partial charge in [0, 0.05) is 78.4 Å². The number of benzene rings is 2. The van der Waals surface area contributed by atoms with Crippen molar-refractivity contribution in [3.63, 3.8) is 0 Å². The zero-order valence-corrected chi connectivity index (χ0v) is 57.4. The summed E-state index contributed by atoms with van der Waals surface area (Å²) in [5, 5.41) is 67.7. The first kappa shape index (κ1) is 79.9. The SMILES string of the molecule is CC[C@H](NC(=O)[C@@H]1CCCN1C(=O)[C@@H](NC(=O)[C@H](Cc1c[nH]c2ccccc12)NC(=O)CNC(=O)[C@H](CC(=O)O)NC(=O)[C@@H](NC(=O)[C@H](Cc1c[nH]c2ccccc12)NC(=O)[C@H](CS)NC(=O)[C@H](CCC(=O)O)NC(=O)[C@@H](NC(=O)[C@H](CS)NC(C)=O)[C@@H](C)O)C(C)C)C(C)C)C(=O)O. The lowest BCUT2D eigenvalue weighted by molar-refractivity contribution is -0.145. The van der Waals surface area contributed by atoms with Crippen LogP contribution >= 0.6 is 25.3 Å². The Balaban J connectivity index is 1.33. The minimum absolute atomic E-state index is 0.0808. The fourth-order valence-corrected chi connectivity index (χ4v) is 11.4. The van der Waals surface area contributed by atoms with Gasteiger partial charge in [-0.3, -0.25) is 67.1 Å². The Morgan fingerprint density at radius 2 is 1.00 bits per heavy atom. The maximum absolute atomic E-state index is 14.6. The van der Waals surface area contributed by atoms with Gasteiger partial charge < -0.3 is 93.8 Å². The molecule has 35 heteroatoms. The number of thiol groups is 2. The van der Waals surface area contributed by atoms with E-state index in [9.17, 15) is 92.3 Å². The Bertz CT molecular complexity index is 3620. The van der Waals surface area contributed by atoms with Crippen molar-refractivity contribution in [1.82, 2.24) is 73.4 Å². The van der Waals surface area contributed by atoms with E-state index in [0.717, 1.165) is 13.8 Å². The fourth-order valence-electron chi connectivity index (χ4n) is 10.9. The predicted octanol–water partition coefficient (Wildman–Crippen LogP) is -2.20. The van der Waals surface area contributed by atoms with Gasteiger partial charge in [0.1, 0.15) is 66.5 Å². The number of carboxylic acids is 3. The minimum atomic E-state index is -1.92. The van der Waals surface area contributed by atoms with E-state index < -0.39 is 205 Å². The molecule has 2 aromatic carbocycles. The van der Waals surface area contributed by atoms with Gasteiger partial charge in [-0.15, -0.1) is 0 Å². The number of aliphatic hydroxyl groups excluding tert-OH is 1. The normalized spacial score (nSPS) is 16.2. The van der Waals surface area contributed by atoms with Crippen LogP contribution in [0.5, 0.6) is 0 Å². The van der Waals surface area contributed by atoms with Gasteiger partial charge in [-0.05, 0) is 67.7 Å². The van der Waals surface area contributed by atoms with Gasteiger partial charge in [-0.2, -0.15) is 25.3 Å². The molecule has 1 aliphatic heterocycles. The van der Waals surface area contributed by atoms with Gasteiger partial charge in [0.25, 0.3) is 0 Å². The molecule has 4 aromatic rings. The number of likely N-dealkylation sites (tertiary alicyclic amines) is 1. The van der Waals surface area contributed by atoms with Crippen molar-refractivity contribution in [2.45, 2.75) is 172 Å². The van der Waals surface area contributed by atoms with E-state index in [0.29, 0.717) is 39.4 Å². The number of H-pyrrole nitrogens is 2. The molecule has 0 aliphatic carbocycles. The molecule has 0 radical (unpaired) electrons. The Morgan fingerprint density at radius 3 is 1.51 bits per heavy atom. The summed E-state index contributed by atoms with van der Waals surface area (Å²) < 4.78 is 0. The van der Waals surface area contributed by atoms with Crippen molar-refractivity contribution < 1.29 is 92.3 Å². The number of aliphatic hydroxyl groups is 1. The molecule has 0 saturated carbocycles. The number of carbonyl (C=O) groups is 15. The van der Waals surface area contributed by atoms with E-state index in [1.165, 1.54) is 18.7 Å². The topological polar surface area (TPSA) is 504 Å². The Morgan fingerprint density at radius 1 is 0.535 bits per heavy atom. The van der Waals surface area contributed by atoms with E-state index >= 15 is 0 Å². The maximum Gasteiger partial charge on any atom is 0.326 e. The van der Waals surface area contributed by atoms with Crippen molar-refractivity contribution in [3.05, 3.63) is 72.1 Å². The van der Waals surface area contributed by atoms with Crippen LogP contribution in [0.25, 0.3) is 21.8 Å². The summed E-state index contributed by atoms with van der Waals surface area (Å²) in [4.78, 5) is 209. The lowest BCUT2D eigenvalue weighted by Crippen LogP contribution is -2.62. The predicted molar refractivity (Wildman–Crippen MR) is 363 cm³/mol. The number of carboxylic acid groups (broad SMARTS) is 3. The molecule has 1 saturated heterocycles. The highest BCUT2D eigenvalue weighted by atomic mass is 32.1. The number of hydrogen-bond donors (Lipinski definition) is 19. The van der Waals surface area contributed by atoms with Crippen LogP contribution in [0, 0.1) is 11.8 Å². The average Bonchev–Trinajstić information content (AvgIpc) is 1.77. The molecule has 0 bridgehead atoms. The first-order valence-corrected chi connectivity index (χ1v) is 33.3. The second-order valence-corrected chi connectivity index (χ2v) is 25.3. The second kappa shape index (κ2) is 37.8. The summed E-state index contributed by atoms with van der Waals surface area (Å²) in [5.74, 6) is -17.7. The lowest BCUT2D eigenvalue weighted by Gasteiger charge is -2.32. The Labute approximate surface area is 579 Å². The first-order valence-electron chi connectivity index (χ1n) is 32.0. The number of aliphatic carboxylic acids is 3. The Hall–Kier alpha value is -9.77. The zero-order chi connectivity index (χ0) is 73.5. The highest BCUT2D eigenvalue weighted by Gasteiger charge is 2.42. The molecule has 12 amide bonds. The van der Waals surface area contributed by atoms with Crippen molar-refractivity contribution in [2.75, 3.05) is 24.6 Å². The number of carbonyl (C=O) groups excluding carboxylic acids is 12. The monoisotopic (exact) mass is 1420 g/mol. The summed E-state index contributed by atoms with van der Waals surface area (Å²) in [6.45, 7) is 9.36. The quantitative estimate of drug-likeness (QED) is 0.0212. The van der Waals surface area contributed by atoms with Crippen LogP contribution < -0.4 is 58.5 Å². The lowest BCUT2D eigenvalue weighted by atomic mass is 9.99. The van der Waals surface area contributed by atoms with Crippen LogP contribution in [0.1, 0.15) is 98.1 Å². The first-order chi connectivity index (χ1) is 46.8. The number of rotatable bonds is 38. The molecule has 1 aliphatic rings. The average molecular weight is 1420 g/mol. The molecule has 0 spiro atoms. The van der Waals surface area contributed by atoms with Gasteiger partial charge in [0.2, 0.25) is 70.9 Å². The van der Waals surface area contributed by atoms with Crippen molar-refractivity contribution in [1.29, 1.82) is 0 Å². The largest absolute Gasteiger partial charge is 0.481 e. The highest BCUT2D eigenvalue weighted by molar-refractivity contribution is 7.80. The smallest absolute Gasteiger partial charge is 0.326 e. The summed E-state index contributed by atoms with van der Waals surface area (Å²) >= 11 is 8.29. The van der Waals surface area contributed by atoms with E-state index in [4.69, 9.17) is 0 Å². The third-order valence-corrected chi connectivity index (χ3v) is 17.0. The van der Waals surface area contributed by atoms with E-state index in [-0.39, 0.29) is 38.0 Å². The molecule has 99 heavy (non-hydrogen) atoms. The van der Waals surface area contributed by atoms with Gasteiger partial charge in [-0.25, -0.2) is 4.79 Å². The van der Waals surface area contributed by atoms with Gasteiger partial charge in [0.05, 0.1) is 19.1 Å². The Kier molecular flexibility index (Phi) is 30.5. The van der Waals surface area contributed by atoms with Crippen LogP contribution in [0.15, 0.2) is 60.9 Å². The molecule has 3 heterocycles. The van der Waals surface area contributed by atoms with Gasteiger partial charge in [0.15, 0.2) is 0 Å². The molecule has 12 atom stereocenters. The summed E-state index contributed by atoms with van der Waals surface area (Å²) in [5.41, 5.74) is 2.34. The molecule has 33 nitrogen and oxygen atoms in total. The maximum atomic E-state index is 14.6. The molecule has 2 aromatic heterocycles. The van der Waals surface area contributed by atoms with Crippen LogP contribution in [-0.2, 0) is 84.8 Å².